The highest BCUT2D eigenvalue weighted by Gasteiger charge is 2.15. The van der Waals surface area contributed by atoms with Crippen LogP contribution in [0.25, 0.3) is 0 Å². The molecular formula is C16H14F3NO2. The Bertz CT molecular complexity index is 689. The Morgan fingerprint density at radius 1 is 1.09 bits per heavy atom. The molecule has 0 atom stereocenters. The van der Waals surface area contributed by atoms with E-state index in [1.807, 2.05) is 19.1 Å². The van der Waals surface area contributed by atoms with Crippen molar-refractivity contribution in [2.75, 3.05) is 11.9 Å². The third kappa shape index (κ3) is 3.78. The summed E-state index contributed by atoms with van der Waals surface area (Å²) in [6.45, 7) is 1.95. The zero-order chi connectivity index (χ0) is 16.1. The second-order valence-electron chi connectivity index (χ2n) is 4.64. The molecule has 2 aromatic rings. The number of hydrogen-bond acceptors (Lipinski definition) is 2. The maximum Gasteiger partial charge on any atom is 0.227 e. The van der Waals surface area contributed by atoms with Gasteiger partial charge in [-0.1, -0.05) is 18.2 Å². The Morgan fingerprint density at radius 2 is 1.82 bits per heavy atom. The van der Waals surface area contributed by atoms with Crippen molar-refractivity contribution in [3.05, 3.63) is 59.4 Å². The largest absolute Gasteiger partial charge is 0.493 e. The highest BCUT2D eigenvalue weighted by Crippen LogP contribution is 2.20. The molecule has 22 heavy (non-hydrogen) atoms. The molecular weight excluding hydrogens is 295 g/mol. The molecule has 2 aromatic carbocycles. The van der Waals surface area contributed by atoms with Gasteiger partial charge in [-0.2, -0.15) is 0 Å². The van der Waals surface area contributed by atoms with Crippen LogP contribution in [0.3, 0.4) is 0 Å². The number of aryl methyl sites for hydroxylation is 1. The van der Waals surface area contributed by atoms with E-state index >= 15 is 0 Å². The lowest BCUT2D eigenvalue weighted by Crippen LogP contribution is -2.16. The predicted molar refractivity (Wildman–Crippen MR) is 76.2 cm³/mol. The maximum atomic E-state index is 13.4. The van der Waals surface area contributed by atoms with Crippen molar-refractivity contribution in [3.8, 4) is 5.75 Å². The van der Waals surface area contributed by atoms with Crippen LogP contribution in [0.4, 0.5) is 18.9 Å². The Kier molecular flexibility index (Phi) is 5.04. The van der Waals surface area contributed by atoms with E-state index < -0.39 is 29.0 Å². The van der Waals surface area contributed by atoms with Gasteiger partial charge >= 0.3 is 0 Å². The van der Waals surface area contributed by atoms with Crippen LogP contribution < -0.4 is 10.1 Å². The normalized spacial score (nSPS) is 10.4. The molecule has 0 aliphatic heterocycles. The van der Waals surface area contributed by atoms with Crippen molar-refractivity contribution in [1.82, 2.24) is 0 Å². The molecule has 0 saturated carbocycles. The molecule has 116 valence electrons. The third-order valence-electron chi connectivity index (χ3n) is 2.99. The molecule has 1 amide bonds. The van der Waals surface area contributed by atoms with Crippen LogP contribution in [0.1, 0.15) is 12.0 Å². The summed E-state index contributed by atoms with van der Waals surface area (Å²) < 4.78 is 44.6. The van der Waals surface area contributed by atoms with Gasteiger partial charge in [0.2, 0.25) is 5.91 Å². The lowest BCUT2D eigenvalue weighted by atomic mass is 10.2. The van der Waals surface area contributed by atoms with E-state index in [9.17, 15) is 18.0 Å². The number of rotatable bonds is 5. The van der Waals surface area contributed by atoms with Crippen LogP contribution in [0.15, 0.2) is 36.4 Å². The minimum absolute atomic E-state index is 0.0488. The molecule has 3 nitrogen and oxygen atoms in total. The van der Waals surface area contributed by atoms with Crippen molar-refractivity contribution in [2.24, 2.45) is 0 Å². The summed E-state index contributed by atoms with van der Waals surface area (Å²) in [4.78, 5) is 11.7. The van der Waals surface area contributed by atoms with Gasteiger partial charge in [-0.3, -0.25) is 4.79 Å². The zero-order valence-electron chi connectivity index (χ0n) is 11.8. The van der Waals surface area contributed by atoms with E-state index in [4.69, 9.17) is 4.74 Å². The molecule has 0 bridgehead atoms. The summed E-state index contributed by atoms with van der Waals surface area (Å²) in [5.74, 6) is -4.26. The van der Waals surface area contributed by atoms with Crippen LogP contribution in [0.2, 0.25) is 0 Å². The molecule has 0 aliphatic rings. The average Bonchev–Trinajstić information content (AvgIpc) is 2.50. The molecule has 6 heteroatoms. The quantitative estimate of drug-likeness (QED) is 0.853. The van der Waals surface area contributed by atoms with E-state index in [1.54, 1.807) is 12.1 Å². The standard InChI is InChI=1S/C16H14F3NO2/c1-10-4-2-3-5-13(10)22-9-8-14(21)20-12-7-6-11(17)15(18)16(12)19/h2-7H,8-9H2,1H3,(H,20,21). The van der Waals surface area contributed by atoms with E-state index in [2.05, 4.69) is 5.32 Å². The fourth-order valence-electron chi connectivity index (χ4n) is 1.81. The van der Waals surface area contributed by atoms with Gasteiger partial charge in [-0.25, -0.2) is 13.2 Å². The number of carbonyl (C=O) groups is 1. The van der Waals surface area contributed by atoms with Gasteiger partial charge in [0.05, 0.1) is 18.7 Å². The maximum absolute atomic E-state index is 13.4. The number of amides is 1. The summed E-state index contributed by atoms with van der Waals surface area (Å²) in [7, 11) is 0. The number of hydrogen-bond donors (Lipinski definition) is 1. The predicted octanol–water partition coefficient (Wildman–Crippen LogP) is 3.82. The topological polar surface area (TPSA) is 38.3 Å². The summed E-state index contributed by atoms with van der Waals surface area (Å²) in [6.07, 6.45) is -0.0488. The first-order valence-corrected chi connectivity index (χ1v) is 6.61. The molecule has 0 spiro atoms. The van der Waals surface area contributed by atoms with Crippen LogP contribution in [-0.2, 0) is 4.79 Å². The van der Waals surface area contributed by atoms with Crippen molar-refractivity contribution in [2.45, 2.75) is 13.3 Å². The zero-order valence-corrected chi connectivity index (χ0v) is 11.8. The van der Waals surface area contributed by atoms with Gasteiger partial charge in [0.25, 0.3) is 0 Å². The van der Waals surface area contributed by atoms with E-state index in [0.717, 1.165) is 17.7 Å². The Hall–Kier alpha value is -2.50. The van der Waals surface area contributed by atoms with Crippen LogP contribution in [-0.4, -0.2) is 12.5 Å². The van der Waals surface area contributed by atoms with E-state index in [0.29, 0.717) is 5.75 Å². The number of carbonyl (C=O) groups excluding carboxylic acids is 1. The van der Waals surface area contributed by atoms with Crippen molar-refractivity contribution in [1.29, 1.82) is 0 Å². The number of anilines is 1. The molecule has 2 rings (SSSR count). The lowest BCUT2D eigenvalue weighted by Gasteiger charge is -2.10. The summed E-state index contributed by atoms with van der Waals surface area (Å²) in [5, 5.41) is 2.18. The van der Waals surface area contributed by atoms with E-state index in [-0.39, 0.29) is 13.0 Å². The fourth-order valence-corrected chi connectivity index (χ4v) is 1.81. The second-order valence-corrected chi connectivity index (χ2v) is 4.64. The van der Waals surface area contributed by atoms with Gasteiger partial charge in [0.1, 0.15) is 5.75 Å². The van der Waals surface area contributed by atoms with Crippen LogP contribution in [0, 0.1) is 24.4 Å². The van der Waals surface area contributed by atoms with Gasteiger partial charge in [-0.05, 0) is 30.7 Å². The Labute approximate surface area is 125 Å². The lowest BCUT2D eigenvalue weighted by molar-refractivity contribution is -0.116. The van der Waals surface area contributed by atoms with Gasteiger partial charge in [0, 0.05) is 0 Å². The Balaban J connectivity index is 1.89. The second kappa shape index (κ2) is 6.98. The smallest absolute Gasteiger partial charge is 0.227 e. The average molecular weight is 309 g/mol. The highest BCUT2D eigenvalue weighted by molar-refractivity contribution is 5.90. The number of benzene rings is 2. The first-order chi connectivity index (χ1) is 10.5. The number of ether oxygens (including phenoxy) is 1. The highest BCUT2D eigenvalue weighted by atomic mass is 19.2. The summed E-state index contributed by atoms with van der Waals surface area (Å²) >= 11 is 0. The van der Waals surface area contributed by atoms with Crippen molar-refractivity contribution < 1.29 is 22.7 Å². The molecule has 0 aliphatic carbocycles. The first kappa shape index (κ1) is 15.9. The minimum atomic E-state index is -1.62. The third-order valence-corrected chi connectivity index (χ3v) is 2.99. The van der Waals surface area contributed by atoms with Gasteiger partial charge in [0.15, 0.2) is 17.5 Å². The van der Waals surface area contributed by atoms with Crippen molar-refractivity contribution >= 4 is 11.6 Å². The van der Waals surface area contributed by atoms with Gasteiger partial charge in [-0.15, -0.1) is 0 Å². The SMILES string of the molecule is Cc1ccccc1OCCC(=O)Nc1ccc(F)c(F)c1F. The summed E-state index contributed by atoms with van der Waals surface area (Å²) in [6, 6.07) is 9.01. The molecule has 0 heterocycles. The Morgan fingerprint density at radius 3 is 2.55 bits per heavy atom. The van der Waals surface area contributed by atoms with E-state index in [1.165, 1.54) is 0 Å². The molecule has 0 aromatic heterocycles. The van der Waals surface area contributed by atoms with Gasteiger partial charge < -0.3 is 10.1 Å². The molecule has 0 saturated heterocycles. The van der Waals surface area contributed by atoms with Crippen LogP contribution >= 0.6 is 0 Å². The molecule has 0 fully saturated rings. The fraction of sp³-hybridized carbons (Fsp3) is 0.188. The first-order valence-electron chi connectivity index (χ1n) is 6.61. The number of para-hydroxylation sites is 1. The number of halogens is 3. The summed E-state index contributed by atoms with van der Waals surface area (Å²) in [5.41, 5.74) is 0.523. The molecule has 0 unspecified atom stereocenters. The minimum Gasteiger partial charge on any atom is -0.493 e. The monoisotopic (exact) mass is 309 g/mol. The molecule has 0 radical (unpaired) electrons. The van der Waals surface area contributed by atoms with Crippen molar-refractivity contribution in [3.63, 3.8) is 0 Å². The molecule has 1 N–H and O–H groups in total. The number of nitrogens with one attached hydrogen (secondary N) is 1. The van der Waals surface area contributed by atoms with Crippen LogP contribution in [0.5, 0.6) is 5.75 Å².